The third-order valence-electron chi connectivity index (χ3n) is 8.34. The molecule has 5 nitrogen and oxygen atoms in total. The summed E-state index contributed by atoms with van der Waals surface area (Å²) in [4.78, 5) is 20.1. The van der Waals surface area contributed by atoms with Crippen LogP contribution in [0.1, 0.15) is 0 Å². The fourth-order valence-corrected chi connectivity index (χ4v) is 7.34. The summed E-state index contributed by atoms with van der Waals surface area (Å²) in [5.74, 6) is 0. The van der Waals surface area contributed by atoms with Gasteiger partial charge in [-0.05, 0) is 46.8 Å². The van der Waals surface area contributed by atoms with Crippen LogP contribution in [-0.4, -0.2) is 24.5 Å². The van der Waals surface area contributed by atoms with E-state index in [-0.39, 0.29) is 0 Å². The first-order valence-electron chi connectivity index (χ1n) is 14.6. The van der Waals surface area contributed by atoms with Crippen LogP contribution in [0, 0.1) is 0 Å². The molecule has 0 aliphatic rings. The Kier molecular flexibility index (Phi) is 6.11. The third-order valence-corrected chi connectivity index (χ3v) is 9.93. The smallest absolute Gasteiger partial charge is 0.0818 e. The summed E-state index contributed by atoms with van der Waals surface area (Å²) in [5, 5.41) is 4.84. The molecule has 0 saturated carbocycles. The molecule has 0 aliphatic heterocycles. The molecule has 4 aromatic carbocycles. The standard InChI is InChI=1S/C38H23N5S2/c1-2-6-29-24(4-1)5-3-7-34(29)43-35-16-25(27-10-14-32(41-18-27)37-20-39-22-44-37)8-12-30(35)31-13-9-26(17-36(31)43)28-11-15-33(42-19-28)38-21-40-23-45-38/h1-23H. The van der Waals surface area contributed by atoms with Crippen molar-refractivity contribution in [1.29, 1.82) is 0 Å². The molecular weight excluding hydrogens is 591 g/mol. The predicted molar refractivity (Wildman–Crippen MR) is 187 cm³/mol. The van der Waals surface area contributed by atoms with Crippen molar-refractivity contribution in [3.05, 3.63) is 139 Å². The molecule has 5 aromatic heterocycles. The van der Waals surface area contributed by atoms with Crippen LogP contribution < -0.4 is 0 Å². The molecule has 45 heavy (non-hydrogen) atoms. The fraction of sp³-hybridized carbons (Fsp3) is 0. The van der Waals surface area contributed by atoms with Gasteiger partial charge in [-0.25, -0.2) is 0 Å². The minimum absolute atomic E-state index is 0.939. The van der Waals surface area contributed by atoms with Crippen LogP contribution in [0.4, 0.5) is 0 Å². The van der Waals surface area contributed by atoms with Gasteiger partial charge in [-0.1, -0.05) is 72.8 Å². The van der Waals surface area contributed by atoms with Crippen LogP contribution >= 0.6 is 22.7 Å². The summed E-state index contributed by atoms with van der Waals surface area (Å²) < 4.78 is 2.41. The minimum Gasteiger partial charge on any atom is -0.309 e. The number of hydrogen-bond acceptors (Lipinski definition) is 6. The van der Waals surface area contributed by atoms with Crippen molar-refractivity contribution in [1.82, 2.24) is 24.5 Å². The van der Waals surface area contributed by atoms with Crippen LogP contribution in [0.3, 0.4) is 0 Å². The normalized spacial score (nSPS) is 11.6. The number of thiazole rings is 2. The molecule has 0 N–H and O–H groups in total. The number of aromatic nitrogens is 5. The summed E-state index contributed by atoms with van der Waals surface area (Å²) in [6.45, 7) is 0. The van der Waals surface area contributed by atoms with Crippen molar-refractivity contribution in [2.45, 2.75) is 0 Å². The Morgan fingerprint density at radius 3 is 1.56 bits per heavy atom. The number of rotatable bonds is 5. The second-order valence-corrected chi connectivity index (χ2v) is 12.7. The Labute approximate surface area is 266 Å². The van der Waals surface area contributed by atoms with Crippen molar-refractivity contribution in [2.75, 3.05) is 0 Å². The van der Waals surface area contributed by atoms with Crippen LogP contribution in [-0.2, 0) is 0 Å². The topological polar surface area (TPSA) is 56.5 Å². The number of pyridine rings is 2. The lowest BCUT2D eigenvalue weighted by Gasteiger charge is -2.13. The van der Waals surface area contributed by atoms with Gasteiger partial charge in [0.25, 0.3) is 0 Å². The molecule has 0 radical (unpaired) electrons. The van der Waals surface area contributed by atoms with E-state index in [1.807, 2.05) is 35.8 Å². The average molecular weight is 614 g/mol. The van der Waals surface area contributed by atoms with E-state index in [0.717, 1.165) is 60.1 Å². The quantitative estimate of drug-likeness (QED) is 0.194. The first-order valence-corrected chi connectivity index (χ1v) is 16.3. The first kappa shape index (κ1) is 25.9. The zero-order chi connectivity index (χ0) is 29.7. The highest BCUT2D eigenvalue weighted by Crippen LogP contribution is 2.39. The summed E-state index contributed by atoms with van der Waals surface area (Å²) in [6.07, 6.45) is 7.65. The Hall–Kier alpha value is -5.50. The maximum absolute atomic E-state index is 4.76. The number of hydrogen-bond donors (Lipinski definition) is 0. The van der Waals surface area contributed by atoms with Gasteiger partial charge in [-0.3, -0.25) is 19.9 Å². The van der Waals surface area contributed by atoms with Gasteiger partial charge < -0.3 is 4.57 Å². The summed E-state index contributed by atoms with van der Waals surface area (Å²) in [6, 6.07) is 37.1. The maximum Gasteiger partial charge on any atom is 0.0818 e. The van der Waals surface area contributed by atoms with Gasteiger partial charge in [-0.15, -0.1) is 22.7 Å². The summed E-state index contributed by atoms with van der Waals surface area (Å²) in [5.41, 5.74) is 13.4. The van der Waals surface area contributed by atoms with Crippen molar-refractivity contribution in [3.63, 3.8) is 0 Å². The molecule has 7 heteroatoms. The predicted octanol–water partition coefficient (Wildman–Crippen LogP) is 10.3. The van der Waals surface area contributed by atoms with E-state index < -0.39 is 0 Å². The van der Waals surface area contributed by atoms with E-state index >= 15 is 0 Å². The monoisotopic (exact) mass is 613 g/mol. The van der Waals surface area contributed by atoms with E-state index in [0.29, 0.717) is 0 Å². The van der Waals surface area contributed by atoms with Gasteiger partial charge in [0.1, 0.15) is 0 Å². The largest absolute Gasteiger partial charge is 0.309 e. The lowest BCUT2D eigenvalue weighted by atomic mass is 10.0. The first-order chi connectivity index (χ1) is 22.3. The lowest BCUT2D eigenvalue weighted by molar-refractivity contribution is 1.20. The molecule has 0 bridgehead atoms. The SMILES string of the molecule is c1ccc2c(-n3c4cc(-c5ccc(-c6cncs6)nc5)ccc4c4ccc(-c5ccc(-c6cncs6)nc5)cc43)cccc2c1. The van der Waals surface area contributed by atoms with Crippen LogP contribution in [0.15, 0.2) is 139 Å². The van der Waals surface area contributed by atoms with E-state index in [4.69, 9.17) is 9.97 Å². The number of fused-ring (bicyclic) bond motifs is 4. The number of benzene rings is 4. The van der Waals surface area contributed by atoms with Crippen LogP contribution in [0.25, 0.3) is 81.7 Å². The lowest BCUT2D eigenvalue weighted by Crippen LogP contribution is -1.96. The van der Waals surface area contributed by atoms with Crippen LogP contribution in [0.5, 0.6) is 0 Å². The second kappa shape index (κ2) is 10.6. The molecule has 9 aromatic rings. The minimum atomic E-state index is 0.939. The van der Waals surface area contributed by atoms with E-state index in [9.17, 15) is 0 Å². The zero-order valence-corrected chi connectivity index (χ0v) is 25.5. The van der Waals surface area contributed by atoms with Crippen molar-refractivity contribution in [2.24, 2.45) is 0 Å². The summed E-state index contributed by atoms with van der Waals surface area (Å²) in [7, 11) is 0. The van der Waals surface area contributed by atoms with Gasteiger partial charge >= 0.3 is 0 Å². The highest BCUT2D eigenvalue weighted by atomic mass is 32.1. The van der Waals surface area contributed by atoms with Gasteiger partial charge in [0.2, 0.25) is 0 Å². The molecule has 0 saturated heterocycles. The van der Waals surface area contributed by atoms with Gasteiger partial charge in [0.05, 0.1) is 48.9 Å². The summed E-state index contributed by atoms with van der Waals surface area (Å²) >= 11 is 3.20. The molecule has 0 fully saturated rings. The maximum atomic E-state index is 4.76. The van der Waals surface area contributed by atoms with Crippen molar-refractivity contribution >= 4 is 55.3 Å². The zero-order valence-electron chi connectivity index (χ0n) is 23.8. The molecular formula is C38H23N5S2. The molecule has 5 heterocycles. The molecule has 0 aliphatic carbocycles. The molecule has 0 unspecified atom stereocenters. The van der Waals surface area contributed by atoms with E-state index in [1.54, 1.807) is 22.7 Å². The van der Waals surface area contributed by atoms with Gasteiger partial charge in [0.15, 0.2) is 0 Å². The molecule has 9 rings (SSSR count). The van der Waals surface area contributed by atoms with Gasteiger partial charge in [0, 0.05) is 52.1 Å². The Morgan fingerprint density at radius 1 is 0.467 bits per heavy atom. The van der Waals surface area contributed by atoms with Crippen molar-refractivity contribution in [3.8, 4) is 49.1 Å². The van der Waals surface area contributed by atoms with Crippen molar-refractivity contribution < 1.29 is 0 Å². The second-order valence-electron chi connectivity index (χ2n) is 10.9. The fourth-order valence-electron chi connectivity index (χ4n) is 6.15. The van der Waals surface area contributed by atoms with Gasteiger partial charge in [-0.2, -0.15) is 0 Å². The number of nitrogens with zero attached hydrogens (tertiary/aromatic N) is 5. The highest BCUT2D eigenvalue weighted by Gasteiger charge is 2.17. The third kappa shape index (κ3) is 4.44. The molecule has 0 atom stereocenters. The Morgan fingerprint density at radius 2 is 1.02 bits per heavy atom. The molecule has 0 amide bonds. The molecule has 212 valence electrons. The Balaban J connectivity index is 1.24. The highest BCUT2D eigenvalue weighted by molar-refractivity contribution is 7.13. The average Bonchev–Trinajstić information content (AvgIpc) is 3.89. The molecule has 0 spiro atoms. The van der Waals surface area contributed by atoms with Crippen LogP contribution in [0.2, 0.25) is 0 Å². The Bertz CT molecular complexity index is 2320. The van der Waals surface area contributed by atoms with E-state index in [2.05, 4.69) is 118 Å². The van der Waals surface area contributed by atoms with E-state index in [1.165, 1.54) is 21.5 Å².